The van der Waals surface area contributed by atoms with Crippen LogP contribution >= 0.6 is 0 Å². The molecule has 4 rings (SSSR count). The first-order valence-electron chi connectivity index (χ1n) is 15.0. The van der Waals surface area contributed by atoms with E-state index in [9.17, 15) is 4.79 Å². The number of carbonyl (C=O) groups excluding carboxylic acids is 1. The Morgan fingerprint density at radius 2 is 1.69 bits per heavy atom. The number of fused-ring (bicyclic) bond motifs is 4. The van der Waals surface area contributed by atoms with Gasteiger partial charge < -0.3 is 10.5 Å². The van der Waals surface area contributed by atoms with Gasteiger partial charge in [-0.25, -0.2) is 0 Å². The van der Waals surface area contributed by atoms with Crippen molar-refractivity contribution in [2.75, 3.05) is 0 Å². The van der Waals surface area contributed by atoms with Crippen molar-refractivity contribution in [3.8, 4) is 0 Å². The van der Waals surface area contributed by atoms with Crippen LogP contribution in [0, 0.1) is 39.4 Å². The van der Waals surface area contributed by atoms with Gasteiger partial charge in [0.05, 0.1) is 0 Å². The minimum atomic E-state index is -0.550. The Hall–Kier alpha value is -1.09. The molecule has 0 radical (unpaired) electrons. The van der Waals surface area contributed by atoms with Gasteiger partial charge in [-0.15, -0.1) is 0 Å². The average Bonchev–Trinajstić information content (AvgIpc) is 3.06. The normalized spacial score (nSPS) is 41.0. The van der Waals surface area contributed by atoms with Gasteiger partial charge in [-0.05, 0) is 119 Å². The molecule has 0 amide bonds. The Labute approximate surface area is 222 Å². The lowest BCUT2D eigenvalue weighted by Crippen LogP contribution is -2.56. The van der Waals surface area contributed by atoms with E-state index in [1.54, 1.807) is 6.92 Å². The summed E-state index contributed by atoms with van der Waals surface area (Å²) in [6, 6.07) is -0.550. The van der Waals surface area contributed by atoms with Crippen LogP contribution in [0.2, 0.25) is 0 Å². The summed E-state index contributed by atoms with van der Waals surface area (Å²) in [4.78, 5) is 12.4. The van der Waals surface area contributed by atoms with E-state index in [4.69, 9.17) is 10.5 Å². The molecule has 0 aromatic carbocycles. The highest BCUT2D eigenvalue weighted by Gasteiger charge is 2.63. The molecule has 4 aliphatic rings. The van der Waals surface area contributed by atoms with Crippen molar-refractivity contribution >= 4 is 5.97 Å². The first-order chi connectivity index (χ1) is 16.7. The van der Waals surface area contributed by atoms with Gasteiger partial charge in [0.25, 0.3) is 0 Å². The van der Waals surface area contributed by atoms with Crippen molar-refractivity contribution in [1.29, 1.82) is 0 Å². The fourth-order valence-electron chi connectivity index (χ4n) is 9.91. The third kappa shape index (κ3) is 4.24. The van der Waals surface area contributed by atoms with E-state index in [0.717, 1.165) is 24.7 Å². The molecule has 0 bridgehead atoms. The SMILES string of the molecule is CC(C)=CCC[C@@H](C)[C@H]1CC[C@@]2(C)C3=C(CC[C@]12C)[C@@]1(C)CC[C@H](OC(=O)[C@H](C)N)C(C)(C)C1CC3. The topological polar surface area (TPSA) is 52.3 Å². The first kappa shape index (κ1) is 27.9. The van der Waals surface area contributed by atoms with E-state index in [2.05, 4.69) is 61.5 Å². The maximum atomic E-state index is 12.4. The van der Waals surface area contributed by atoms with Crippen molar-refractivity contribution in [2.45, 2.75) is 139 Å². The molecular weight excluding hydrogens is 442 g/mol. The third-order valence-electron chi connectivity index (χ3n) is 12.2. The number of hydrogen-bond donors (Lipinski definition) is 1. The Morgan fingerprint density at radius 3 is 2.33 bits per heavy atom. The molecular formula is C33H55NO2. The molecule has 8 atom stereocenters. The second kappa shape index (κ2) is 9.58. The fourth-order valence-corrected chi connectivity index (χ4v) is 9.91. The average molecular weight is 498 g/mol. The smallest absolute Gasteiger partial charge is 0.322 e. The monoisotopic (exact) mass is 497 g/mol. The maximum Gasteiger partial charge on any atom is 0.322 e. The predicted molar refractivity (Wildman–Crippen MR) is 150 cm³/mol. The molecule has 204 valence electrons. The molecule has 0 saturated heterocycles. The molecule has 0 aromatic rings. The van der Waals surface area contributed by atoms with Gasteiger partial charge in [-0.2, -0.15) is 0 Å². The molecule has 36 heavy (non-hydrogen) atoms. The van der Waals surface area contributed by atoms with Crippen LogP contribution in [-0.2, 0) is 9.53 Å². The highest BCUT2D eigenvalue weighted by molar-refractivity contribution is 5.75. The number of allylic oxidation sites excluding steroid dienone is 4. The summed E-state index contributed by atoms with van der Waals surface area (Å²) in [5.74, 6) is 1.92. The van der Waals surface area contributed by atoms with E-state index in [0.29, 0.717) is 16.7 Å². The van der Waals surface area contributed by atoms with Crippen molar-refractivity contribution in [3.05, 3.63) is 22.8 Å². The zero-order valence-electron chi connectivity index (χ0n) is 24.9. The molecule has 2 N–H and O–H groups in total. The highest BCUT2D eigenvalue weighted by atomic mass is 16.5. The number of hydrogen-bond acceptors (Lipinski definition) is 3. The van der Waals surface area contributed by atoms with Gasteiger partial charge >= 0.3 is 5.97 Å². The predicted octanol–water partition coefficient (Wildman–Crippen LogP) is 8.38. The van der Waals surface area contributed by atoms with Gasteiger partial charge in [-0.1, -0.05) is 64.3 Å². The van der Waals surface area contributed by atoms with Crippen LogP contribution in [0.15, 0.2) is 22.8 Å². The minimum absolute atomic E-state index is 0.0295. The van der Waals surface area contributed by atoms with Crippen LogP contribution in [0.4, 0.5) is 0 Å². The Kier molecular flexibility index (Phi) is 7.43. The van der Waals surface area contributed by atoms with Crippen molar-refractivity contribution < 1.29 is 9.53 Å². The highest BCUT2D eigenvalue weighted by Crippen LogP contribution is 2.72. The van der Waals surface area contributed by atoms with Gasteiger partial charge in [-0.3, -0.25) is 4.79 Å². The largest absolute Gasteiger partial charge is 0.461 e. The van der Waals surface area contributed by atoms with Crippen molar-refractivity contribution in [1.82, 2.24) is 0 Å². The van der Waals surface area contributed by atoms with E-state index in [1.165, 1.54) is 56.9 Å². The molecule has 2 saturated carbocycles. The molecule has 2 fully saturated rings. The molecule has 0 aliphatic heterocycles. The van der Waals surface area contributed by atoms with Crippen molar-refractivity contribution in [3.63, 3.8) is 0 Å². The van der Waals surface area contributed by atoms with Crippen LogP contribution in [0.1, 0.15) is 127 Å². The van der Waals surface area contributed by atoms with E-state index in [-0.39, 0.29) is 22.9 Å². The maximum absolute atomic E-state index is 12.4. The van der Waals surface area contributed by atoms with Crippen LogP contribution in [-0.4, -0.2) is 18.1 Å². The summed E-state index contributed by atoms with van der Waals surface area (Å²) in [5.41, 5.74) is 11.9. The van der Waals surface area contributed by atoms with Crippen LogP contribution in [0.5, 0.6) is 0 Å². The number of carbonyl (C=O) groups is 1. The summed E-state index contributed by atoms with van der Waals surface area (Å²) >= 11 is 0. The fraction of sp³-hybridized carbons (Fsp3) is 0.848. The molecule has 1 unspecified atom stereocenters. The molecule has 3 nitrogen and oxygen atoms in total. The zero-order chi connectivity index (χ0) is 26.7. The Morgan fingerprint density at radius 1 is 1.00 bits per heavy atom. The summed E-state index contributed by atoms with van der Waals surface area (Å²) in [6.07, 6.45) is 14.8. The number of rotatable bonds is 6. The van der Waals surface area contributed by atoms with Gasteiger partial charge in [0, 0.05) is 5.41 Å². The molecule has 4 aliphatic carbocycles. The van der Waals surface area contributed by atoms with Gasteiger partial charge in [0.2, 0.25) is 0 Å². The van der Waals surface area contributed by atoms with E-state index < -0.39 is 6.04 Å². The lowest BCUT2D eigenvalue weighted by molar-refractivity contribution is -0.170. The van der Waals surface area contributed by atoms with Crippen LogP contribution in [0.25, 0.3) is 0 Å². The summed E-state index contributed by atoms with van der Waals surface area (Å²) in [7, 11) is 0. The van der Waals surface area contributed by atoms with E-state index >= 15 is 0 Å². The Bertz CT molecular complexity index is 924. The summed E-state index contributed by atoms with van der Waals surface area (Å²) in [6.45, 7) is 21.3. The zero-order valence-corrected chi connectivity index (χ0v) is 24.9. The third-order valence-corrected chi connectivity index (χ3v) is 12.2. The number of esters is 1. The summed E-state index contributed by atoms with van der Waals surface area (Å²) < 4.78 is 6.01. The summed E-state index contributed by atoms with van der Waals surface area (Å²) in [5, 5.41) is 0. The van der Waals surface area contributed by atoms with Gasteiger partial charge in [0.15, 0.2) is 0 Å². The Balaban J connectivity index is 1.61. The van der Waals surface area contributed by atoms with Gasteiger partial charge in [0.1, 0.15) is 12.1 Å². The lowest BCUT2D eigenvalue weighted by Gasteiger charge is -2.62. The molecule has 0 aromatic heterocycles. The number of nitrogens with two attached hydrogens (primary N) is 1. The molecule has 3 heteroatoms. The quantitative estimate of drug-likeness (QED) is 0.296. The second-order valence-corrected chi connectivity index (χ2v) is 14.8. The number of ether oxygens (including phenoxy) is 1. The first-order valence-corrected chi connectivity index (χ1v) is 15.0. The van der Waals surface area contributed by atoms with Crippen molar-refractivity contribution in [2.24, 2.45) is 45.1 Å². The van der Waals surface area contributed by atoms with E-state index in [1.807, 2.05) is 11.1 Å². The van der Waals surface area contributed by atoms with Crippen LogP contribution in [0.3, 0.4) is 0 Å². The lowest BCUT2D eigenvalue weighted by atomic mass is 9.43. The second-order valence-electron chi connectivity index (χ2n) is 14.8. The standard InChI is InChI=1S/C33H55NO2/c1-21(2)11-10-12-22(3)24-15-19-33(9)26-13-14-27-30(5,6)28(36-29(35)23(4)34)17-18-31(27,7)25(26)16-20-32(24,33)8/h11,22-24,27-28H,10,12-20,34H2,1-9H3/t22-,23+,24-,27?,28+,31-,32-,33+/m1/s1. The van der Waals surface area contributed by atoms with Crippen LogP contribution < -0.4 is 5.73 Å². The minimum Gasteiger partial charge on any atom is -0.461 e. The molecule has 0 heterocycles. The molecule has 0 spiro atoms.